The number of azo groups is 1. The zero-order valence-electron chi connectivity index (χ0n) is 15.7. The third-order valence-corrected chi connectivity index (χ3v) is 6.53. The number of aromatic nitrogens is 2. The van der Waals surface area contributed by atoms with Gasteiger partial charge in [0.25, 0.3) is 20.2 Å². The SMILES string of the molecule is Cc1nn(-c2cc(Cl)c(S(=O)(=O)O)cc2Cl)c(O)c1N=Nc1cc([NH])ccc1S(=O)(=O)O. The van der Waals surface area contributed by atoms with E-state index in [0.29, 0.717) is 0 Å². The van der Waals surface area contributed by atoms with E-state index >= 15 is 0 Å². The van der Waals surface area contributed by atoms with Crippen molar-refractivity contribution in [1.29, 1.82) is 0 Å². The molecule has 0 aliphatic heterocycles. The number of hydrogen-bond acceptors (Lipinski definition) is 8. The first-order valence-electron chi connectivity index (χ1n) is 8.20. The Morgan fingerprint density at radius 1 is 0.969 bits per heavy atom. The lowest BCUT2D eigenvalue weighted by atomic mass is 10.3. The summed E-state index contributed by atoms with van der Waals surface area (Å²) in [5, 5.41) is 21.4. The zero-order valence-corrected chi connectivity index (χ0v) is 18.9. The molecule has 0 fully saturated rings. The molecule has 0 aliphatic rings. The van der Waals surface area contributed by atoms with Crippen LogP contribution in [0.1, 0.15) is 5.69 Å². The molecule has 32 heavy (non-hydrogen) atoms. The first kappa shape index (κ1) is 23.9. The number of aryl methyl sites for hydroxylation is 1. The molecular weight excluding hydrogens is 509 g/mol. The molecular formula is C16H12Cl2N5O7S2. The maximum Gasteiger partial charge on any atom is 0.296 e. The molecule has 12 nitrogen and oxygen atoms in total. The molecule has 0 saturated heterocycles. The van der Waals surface area contributed by atoms with Crippen LogP contribution in [0.2, 0.25) is 10.0 Å². The largest absolute Gasteiger partial charge is 0.492 e. The summed E-state index contributed by atoms with van der Waals surface area (Å²) in [6, 6.07) is 5.05. The summed E-state index contributed by atoms with van der Waals surface area (Å²) < 4.78 is 65.1. The van der Waals surface area contributed by atoms with Gasteiger partial charge < -0.3 is 10.8 Å². The van der Waals surface area contributed by atoms with Crippen molar-refractivity contribution >= 4 is 60.5 Å². The Morgan fingerprint density at radius 2 is 1.59 bits per heavy atom. The van der Waals surface area contributed by atoms with Crippen LogP contribution in [0.4, 0.5) is 17.1 Å². The van der Waals surface area contributed by atoms with Crippen LogP contribution >= 0.6 is 23.2 Å². The van der Waals surface area contributed by atoms with E-state index in [9.17, 15) is 31.0 Å². The van der Waals surface area contributed by atoms with Crippen LogP contribution in [0.25, 0.3) is 5.69 Å². The average molecular weight is 521 g/mol. The fraction of sp³-hybridized carbons (Fsp3) is 0.0625. The van der Waals surface area contributed by atoms with E-state index in [1.54, 1.807) is 0 Å². The van der Waals surface area contributed by atoms with Gasteiger partial charge in [-0.2, -0.15) is 26.6 Å². The monoisotopic (exact) mass is 520 g/mol. The van der Waals surface area contributed by atoms with Crippen molar-refractivity contribution in [2.75, 3.05) is 0 Å². The van der Waals surface area contributed by atoms with Crippen LogP contribution in [0.15, 0.2) is 50.4 Å². The van der Waals surface area contributed by atoms with Gasteiger partial charge in [0.2, 0.25) is 5.88 Å². The van der Waals surface area contributed by atoms with E-state index in [0.717, 1.165) is 35.0 Å². The summed E-state index contributed by atoms with van der Waals surface area (Å²) in [5.74, 6) is -0.612. The zero-order chi connectivity index (χ0) is 24.0. The van der Waals surface area contributed by atoms with Crippen molar-refractivity contribution < 1.29 is 31.0 Å². The summed E-state index contributed by atoms with van der Waals surface area (Å²) >= 11 is 12.0. The second kappa shape index (κ2) is 8.31. The van der Waals surface area contributed by atoms with Gasteiger partial charge in [0, 0.05) is 0 Å². The van der Waals surface area contributed by atoms with Gasteiger partial charge in [-0.3, -0.25) is 9.11 Å². The summed E-state index contributed by atoms with van der Waals surface area (Å²) in [4.78, 5) is -1.25. The number of aromatic hydroxyl groups is 1. The highest BCUT2D eigenvalue weighted by Gasteiger charge is 2.23. The summed E-state index contributed by atoms with van der Waals surface area (Å²) in [6.45, 7) is 1.43. The number of rotatable bonds is 5. The maximum absolute atomic E-state index is 11.5. The van der Waals surface area contributed by atoms with Gasteiger partial charge in [-0.25, -0.2) is 0 Å². The number of nitrogens with one attached hydrogen (secondary N) is 1. The van der Waals surface area contributed by atoms with Crippen molar-refractivity contribution in [2.45, 2.75) is 16.7 Å². The van der Waals surface area contributed by atoms with Crippen LogP contribution in [0.3, 0.4) is 0 Å². The van der Waals surface area contributed by atoms with Gasteiger partial charge in [0.05, 0.1) is 27.1 Å². The molecule has 0 bridgehead atoms. The lowest BCUT2D eigenvalue weighted by Crippen LogP contribution is -2.03. The quantitative estimate of drug-likeness (QED) is 0.331. The highest BCUT2D eigenvalue weighted by Crippen LogP contribution is 2.38. The predicted octanol–water partition coefficient (Wildman–Crippen LogP) is 4.02. The summed E-state index contributed by atoms with van der Waals surface area (Å²) in [7, 11) is -9.32. The van der Waals surface area contributed by atoms with Crippen molar-refractivity contribution in [3.63, 3.8) is 0 Å². The Balaban J connectivity index is 2.12. The topological polar surface area (TPSA) is 195 Å². The lowest BCUT2D eigenvalue weighted by Gasteiger charge is -2.09. The normalized spacial score (nSPS) is 12.5. The Morgan fingerprint density at radius 3 is 2.19 bits per heavy atom. The van der Waals surface area contributed by atoms with E-state index in [-0.39, 0.29) is 33.5 Å². The maximum atomic E-state index is 11.5. The molecule has 169 valence electrons. The van der Waals surface area contributed by atoms with Crippen LogP contribution in [0.5, 0.6) is 5.88 Å². The molecule has 0 aliphatic carbocycles. The molecule has 0 amide bonds. The third-order valence-electron chi connectivity index (χ3n) is 4.01. The first-order chi connectivity index (χ1) is 14.7. The highest BCUT2D eigenvalue weighted by atomic mass is 35.5. The van der Waals surface area contributed by atoms with E-state index in [2.05, 4.69) is 15.3 Å². The second-order valence-corrected chi connectivity index (χ2v) is 9.83. The van der Waals surface area contributed by atoms with Crippen molar-refractivity contribution in [1.82, 2.24) is 15.5 Å². The molecule has 16 heteroatoms. The number of halogens is 2. The smallest absolute Gasteiger partial charge is 0.296 e. The highest BCUT2D eigenvalue weighted by molar-refractivity contribution is 7.86. The van der Waals surface area contributed by atoms with Crippen molar-refractivity contribution in [2.24, 2.45) is 10.2 Å². The van der Waals surface area contributed by atoms with Crippen LogP contribution in [-0.2, 0) is 20.2 Å². The lowest BCUT2D eigenvalue weighted by molar-refractivity contribution is 0.434. The molecule has 1 heterocycles. The van der Waals surface area contributed by atoms with Crippen molar-refractivity contribution in [3.05, 3.63) is 46.1 Å². The van der Waals surface area contributed by atoms with Gasteiger partial charge in [-0.05, 0) is 37.3 Å². The molecule has 0 unspecified atom stereocenters. The standard InChI is InChI=1S/C16H12Cl2N5O7S2/c1-7-15(21-20-11-4-8(19)2-3-13(11)31(25,26)27)16(24)23(22-7)12-5-10(18)14(6-9(12)17)32(28,29)30/h2-6,19,24H,1H3,(H,25,26,27)(H,28,29,30). The Labute approximate surface area is 191 Å². The fourth-order valence-electron chi connectivity index (χ4n) is 2.59. The molecule has 0 spiro atoms. The van der Waals surface area contributed by atoms with Crippen LogP contribution < -0.4 is 5.73 Å². The Hall–Kier alpha value is -2.75. The van der Waals surface area contributed by atoms with E-state index in [4.69, 9.17) is 28.9 Å². The minimum Gasteiger partial charge on any atom is -0.492 e. The van der Waals surface area contributed by atoms with Gasteiger partial charge in [-0.1, -0.05) is 23.2 Å². The number of hydrogen-bond donors (Lipinski definition) is 3. The number of benzene rings is 2. The van der Waals surface area contributed by atoms with Gasteiger partial charge >= 0.3 is 0 Å². The molecule has 4 N–H and O–H groups in total. The molecule has 0 atom stereocenters. The molecule has 1 radical (unpaired) electrons. The van der Waals surface area contributed by atoms with E-state index < -0.39 is 40.9 Å². The Bertz CT molecular complexity index is 1480. The van der Waals surface area contributed by atoms with Gasteiger partial charge in [-0.15, -0.1) is 10.2 Å². The van der Waals surface area contributed by atoms with Crippen LogP contribution in [0, 0.1) is 6.92 Å². The van der Waals surface area contributed by atoms with E-state index in [1.165, 1.54) is 6.92 Å². The predicted molar refractivity (Wildman–Crippen MR) is 113 cm³/mol. The van der Waals surface area contributed by atoms with Gasteiger partial charge in [0.1, 0.15) is 15.5 Å². The first-order valence-corrected chi connectivity index (χ1v) is 11.8. The third kappa shape index (κ3) is 4.69. The second-order valence-electron chi connectivity index (χ2n) is 6.24. The van der Waals surface area contributed by atoms with Crippen molar-refractivity contribution in [3.8, 4) is 11.6 Å². The Kier molecular flexibility index (Phi) is 6.21. The fourth-order valence-corrected chi connectivity index (χ4v) is 4.52. The molecule has 3 aromatic rings. The molecule has 0 saturated carbocycles. The summed E-state index contributed by atoms with van der Waals surface area (Å²) in [6.07, 6.45) is 0. The molecule has 1 aromatic heterocycles. The number of nitrogens with zero attached hydrogens (tertiary/aromatic N) is 4. The average Bonchev–Trinajstić information content (AvgIpc) is 2.93. The van der Waals surface area contributed by atoms with E-state index in [1.807, 2.05) is 0 Å². The minimum absolute atomic E-state index is 0.0575. The van der Waals surface area contributed by atoms with Crippen LogP contribution in [-0.4, -0.2) is 40.8 Å². The minimum atomic E-state index is -4.66. The summed E-state index contributed by atoms with van der Waals surface area (Å²) in [5.41, 5.74) is 6.96. The van der Waals surface area contributed by atoms with Gasteiger partial charge in [0.15, 0.2) is 5.69 Å². The molecule has 2 aromatic carbocycles. The molecule has 3 rings (SSSR count).